The second kappa shape index (κ2) is 9.77. The van der Waals surface area contributed by atoms with E-state index in [2.05, 4.69) is 4.90 Å². The van der Waals surface area contributed by atoms with Crippen LogP contribution in [0.2, 0.25) is 0 Å². The minimum Gasteiger partial charge on any atom is -0.381 e. The molecule has 1 N–H and O–H groups in total. The molecule has 2 atom stereocenters. The number of sulfonamides is 1. The van der Waals surface area contributed by atoms with Crippen LogP contribution in [0.15, 0.2) is 46.0 Å². The van der Waals surface area contributed by atoms with E-state index >= 15 is 0 Å². The smallest absolute Gasteiger partial charge is 0.381 e. The Bertz CT molecular complexity index is 1050. The number of nitrogens with zero attached hydrogens (tertiary/aromatic N) is 2. The van der Waals surface area contributed by atoms with Crippen molar-refractivity contribution in [1.82, 2.24) is 4.31 Å². The van der Waals surface area contributed by atoms with Crippen LogP contribution >= 0.6 is 11.3 Å². The molecule has 0 aliphatic carbocycles. The molecule has 6 nitrogen and oxygen atoms in total. The summed E-state index contributed by atoms with van der Waals surface area (Å²) in [4.78, 5) is 2.09. The number of halogens is 3. The van der Waals surface area contributed by atoms with Crippen LogP contribution in [-0.4, -0.2) is 62.9 Å². The first-order chi connectivity index (χ1) is 16.0. The van der Waals surface area contributed by atoms with Crippen LogP contribution in [-0.2, 0) is 20.4 Å². The van der Waals surface area contributed by atoms with Gasteiger partial charge in [0.1, 0.15) is 4.21 Å². The van der Waals surface area contributed by atoms with Gasteiger partial charge in [-0.05, 0) is 61.2 Å². The summed E-state index contributed by atoms with van der Waals surface area (Å²) in [7, 11) is -3.60. The van der Waals surface area contributed by atoms with Gasteiger partial charge in [-0.2, -0.15) is 17.5 Å². The number of thiophene rings is 1. The Morgan fingerprint density at radius 3 is 2.38 bits per heavy atom. The number of benzene rings is 1. The normalized spacial score (nSPS) is 23.1. The molecular formula is C23H29F3N2O4S2. The first kappa shape index (κ1) is 25.4. The molecule has 0 amide bonds. The summed E-state index contributed by atoms with van der Waals surface area (Å²) in [5.41, 5.74) is -2.46. The molecule has 0 bridgehead atoms. The topological polar surface area (TPSA) is 70.1 Å². The molecule has 2 aliphatic heterocycles. The van der Waals surface area contributed by atoms with E-state index < -0.39 is 21.8 Å². The Morgan fingerprint density at radius 1 is 1.12 bits per heavy atom. The summed E-state index contributed by atoms with van der Waals surface area (Å²) < 4.78 is 73.3. The summed E-state index contributed by atoms with van der Waals surface area (Å²) >= 11 is 1.19. The van der Waals surface area contributed by atoms with Crippen molar-refractivity contribution in [3.8, 4) is 0 Å². The van der Waals surface area contributed by atoms with E-state index in [1.54, 1.807) is 29.6 Å². The average Bonchev–Trinajstić information content (AvgIpc) is 3.35. The van der Waals surface area contributed by atoms with Crippen LogP contribution < -0.4 is 4.90 Å². The largest absolute Gasteiger partial charge is 0.421 e. The molecule has 0 radical (unpaired) electrons. The van der Waals surface area contributed by atoms with E-state index in [0.29, 0.717) is 42.1 Å². The van der Waals surface area contributed by atoms with Gasteiger partial charge in [-0.15, -0.1) is 11.3 Å². The van der Waals surface area contributed by atoms with Crippen molar-refractivity contribution in [3.05, 3.63) is 47.3 Å². The van der Waals surface area contributed by atoms with Crippen molar-refractivity contribution in [2.45, 2.75) is 48.2 Å². The van der Waals surface area contributed by atoms with E-state index in [0.717, 1.165) is 26.2 Å². The van der Waals surface area contributed by atoms with E-state index in [9.17, 15) is 26.7 Å². The summed E-state index contributed by atoms with van der Waals surface area (Å²) in [6.07, 6.45) is -2.23. The molecule has 3 heterocycles. The molecule has 2 saturated heterocycles. The van der Waals surface area contributed by atoms with Gasteiger partial charge in [-0.25, -0.2) is 8.42 Å². The number of hydrogen-bond donors (Lipinski definition) is 1. The fraction of sp³-hybridized carbons (Fsp3) is 0.565. The van der Waals surface area contributed by atoms with Gasteiger partial charge < -0.3 is 14.7 Å². The van der Waals surface area contributed by atoms with Crippen LogP contribution in [0.4, 0.5) is 18.9 Å². The number of anilines is 1. The lowest BCUT2D eigenvalue weighted by molar-refractivity contribution is -0.258. The second-order valence-electron chi connectivity index (χ2n) is 9.05. The molecule has 2 aromatic rings. The summed E-state index contributed by atoms with van der Waals surface area (Å²) in [6.45, 7) is 3.11. The van der Waals surface area contributed by atoms with Gasteiger partial charge in [-0.3, -0.25) is 0 Å². The average molecular weight is 519 g/mol. The molecule has 11 heteroatoms. The second-order valence-corrected chi connectivity index (χ2v) is 12.2. The van der Waals surface area contributed by atoms with Crippen molar-refractivity contribution >= 4 is 27.0 Å². The zero-order chi connectivity index (χ0) is 24.6. The highest BCUT2D eigenvalue weighted by molar-refractivity contribution is 7.91. The van der Waals surface area contributed by atoms with Crippen LogP contribution in [0.1, 0.15) is 31.7 Å². The van der Waals surface area contributed by atoms with Crippen LogP contribution in [0, 0.1) is 5.92 Å². The Kier molecular flexibility index (Phi) is 7.31. The number of ether oxygens (including phenoxy) is 1. The predicted molar refractivity (Wildman–Crippen MR) is 124 cm³/mol. The molecule has 1 unspecified atom stereocenters. The first-order valence-electron chi connectivity index (χ1n) is 11.3. The van der Waals surface area contributed by atoms with Gasteiger partial charge in [0, 0.05) is 44.6 Å². The number of alkyl halides is 3. The Hall–Kier alpha value is -1.66. The maximum atomic E-state index is 13.2. The van der Waals surface area contributed by atoms with Gasteiger partial charge in [-0.1, -0.05) is 18.2 Å². The van der Waals surface area contributed by atoms with Crippen molar-refractivity contribution in [3.63, 3.8) is 0 Å². The number of rotatable bonds is 6. The molecule has 0 spiro atoms. The molecule has 2 fully saturated rings. The zero-order valence-electron chi connectivity index (χ0n) is 18.9. The van der Waals surface area contributed by atoms with Gasteiger partial charge >= 0.3 is 6.18 Å². The lowest BCUT2D eigenvalue weighted by atomic mass is 9.90. The summed E-state index contributed by atoms with van der Waals surface area (Å²) in [5.74, 6) is 0.385. The minimum absolute atomic E-state index is 0.124. The maximum absolute atomic E-state index is 13.2. The molecule has 34 heavy (non-hydrogen) atoms. The highest BCUT2D eigenvalue weighted by Crippen LogP contribution is 2.39. The van der Waals surface area contributed by atoms with E-state index in [-0.39, 0.29) is 18.2 Å². The van der Waals surface area contributed by atoms with Crippen LogP contribution in [0.25, 0.3) is 0 Å². The van der Waals surface area contributed by atoms with Gasteiger partial charge in [0.15, 0.2) is 5.60 Å². The Labute approximate surface area is 202 Å². The number of hydrogen-bond acceptors (Lipinski definition) is 6. The molecule has 188 valence electrons. The number of piperazine rings is 1. The lowest BCUT2D eigenvalue weighted by Gasteiger charge is -2.44. The predicted octanol–water partition coefficient (Wildman–Crippen LogP) is 4.21. The number of aliphatic hydroxyl groups is 1. The highest BCUT2D eigenvalue weighted by Gasteiger charge is 2.51. The summed E-state index contributed by atoms with van der Waals surface area (Å²) in [6, 6.07) is 8.94. The quantitative estimate of drug-likeness (QED) is 0.621. The van der Waals surface area contributed by atoms with Gasteiger partial charge in [0.2, 0.25) is 0 Å². The summed E-state index contributed by atoms with van der Waals surface area (Å²) in [5, 5.41) is 11.7. The van der Waals surface area contributed by atoms with E-state index in [1.165, 1.54) is 27.8 Å². The molecule has 2 aliphatic rings. The van der Waals surface area contributed by atoms with Crippen LogP contribution in [0.5, 0.6) is 0 Å². The fourth-order valence-electron chi connectivity index (χ4n) is 4.63. The third-order valence-electron chi connectivity index (χ3n) is 6.79. The zero-order valence-corrected chi connectivity index (χ0v) is 20.5. The third-order valence-corrected chi connectivity index (χ3v) is 10.0. The first-order valence-corrected chi connectivity index (χ1v) is 13.6. The van der Waals surface area contributed by atoms with Crippen molar-refractivity contribution < 1.29 is 31.4 Å². The fourth-order valence-corrected chi connectivity index (χ4v) is 7.25. The SMILES string of the molecule is CC(O)(c1ccc(N2CCN(S(=O)(=O)c3cccs3)C[C@@H]2CC2CCOCC2)cc1)C(F)(F)F. The molecule has 1 aromatic carbocycles. The van der Waals surface area contributed by atoms with Gasteiger partial charge in [0.05, 0.1) is 0 Å². The standard InChI is InChI=1S/C23H29F3N2O4S2/c1-22(29,23(24,25)26)18-4-6-19(7-5-18)28-11-10-27(34(30,31)21-3-2-14-33-21)16-20(28)15-17-8-12-32-13-9-17/h2-7,14,17,20,29H,8-13,15-16H2,1H3/t20-,22?/m0/s1. The highest BCUT2D eigenvalue weighted by atomic mass is 32.2. The van der Waals surface area contributed by atoms with Crippen molar-refractivity contribution in [1.29, 1.82) is 0 Å². The minimum atomic E-state index is -4.79. The Morgan fingerprint density at radius 2 is 1.79 bits per heavy atom. The van der Waals surface area contributed by atoms with Gasteiger partial charge in [0.25, 0.3) is 10.0 Å². The van der Waals surface area contributed by atoms with E-state index in [1.807, 2.05) is 0 Å². The molecule has 1 aromatic heterocycles. The maximum Gasteiger partial charge on any atom is 0.421 e. The molecule has 0 saturated carbocycles. The molecule has 4 rings (SSSR count). The monoisotopic (exact) mass is 518 g/mol. The third kappa shape index (κ3) is 5.13. The molecular weight excluding hydrogens is 489 g/mol. The van der Waals surface area contributed by atoms with Crippen molar-refractivity contribution in [2.24, 2.45) is 5.92 Å². The lowest BCUT2D eigenvalue weighted by Crippen LogP contribution is -2.55. The van der Waals surface area contributed by atoms with E-state index in [4.69, 9.17) is 4.74 Å². The Balaban J connectivity index is 1.58. The van der Waals surface area contributed by atoms with Crippen LogP contribution in [0.3, 0.4) is 0 Å². The van der Waals surface area contributed by atoms with Crippen molar-refractivity contribution in [2.75, 3.05) is 37.7 Å².